The van der Waals surface area contributed by atoms with Crippen LogP contribution in [0.4, 0.5) is 11.6 Å². The summed E-state index contributed by atoms with van der Waals surface area (Å²) in [6.07, 6.45) is 1.47. The number of aromatic nitrogens is 3. The van der Waals surface area contributed by atoms with Crippen molar-refractivity contribution in [1.82, 2.24) is 14.8 Å². The van der Waals surface area contributed by atoms with Crippen LogP contribution >= 0.6 is 15.9 Å². The Labute approximate surface area is 172 Å². The van der Waals surface area contributed by atoms with Crippen LogP contribution in [0.3, 0.4) is 0 Å². The molecule has 10 nitrogen and oxygen atoms in total. The van der Waals surface area contributed by atoms with E-state index >= 15 is 0 Å². The molecule has 1 aromatic heterocycles. The molecule has 1 amide bonds. The van der Waals surface area contributed by atoms with Gasteiger partial charge in [0.05, 0.1) is 17.5 Å². The predicted octanol–water partition coefficient (Wildman–Crippen LogP) is 3.02. The van der Waals surface area contributed by atoms with Crippen molar-refractivity contribution in [1.29, 1.82) is 0 Å². The molecule has 0 radical (unpaired) electrons. The van der Waals surface area contributed by atoms with Crippen LogP contribution in [0.15, 0.2) is 47.2 Å². The summed E-state index contributed by atoms with van der Waals surface area (Å²) in [5.74, 6) is -0.163. The third-order valence-corrected chi connectivity index (χ3v) is 4.65. The third-order valence-electron chi connectivity index (χ3n) is 4.12. The van der Waals surface area contributed by atoms with Crippen molar-refractivity contribution in [2.75, 3.05) is 18.5 Å². The SMILES string of the molecule is O=C(Nc1ncn(Cc2ccc(Br)cc2)n1)c1cc2c(cc1[N+](=O)[O-])OCCO2. The van der Waals surface area contributed by atoms with Gasteiger partial charge in [0.25, 0.3) is 11.6 Å². The van der Waals surface area contributed by atoms with Gasteiger partial charge in [-0.3, -0.25) is 20.2 Å². The molecule has 4 rings (SSSR count). The summed E-state index contributed by atoms with van der Waals surface area (Å²) in [5, 5.41) is 18.1. The summed E-state index contributed by atoms with van der Waals surface area (Å²) < 4.78 is 13.3. The molecule has 1 N–H and O–H groups in total. The molecule has 11 heteroatoms. The van der Waals surface area contributed by atoms with Gasteiger partial charge in [-0.15, -0.1) is 5.10 Å². The molecule has 0 saturated carbocycles. The molecule has 0 fully saturated rings. The van der Waals surface area contributed by atoms with Gasteiger partial charge in [0.15, 0.2) is 11.5 Å². The van der Waals surface area contributed by atoms with Crippen LogP contribution in [0.25, 0.3) is 0 Å². The molecule has 0 saturated heterocycles. The van der Waals surface area contributed by atoms with E-state index in [0.717, 1.165) is 10.0 Å². The van der Waals surface area contributed by atoms with Crippen LogP contribution < -0.4 is 14.8 Å². The van der Waals surface area contributed by atoms with Gasteiger partial charge in [-0.05, 0) is 17.7 Å². The van der Waals surface area contributed by atoms with Gasteiger partial charge in [0.2, 0.25) is 5.95 Å². The molecule has 1 aliphatic heterocycles. The summed E-state index contributed by atoms with van der Waals surface area (Å²) in [5.41, 5.74) is 0.447. The van der Waals surface area contributed by atoms with Gasteiger partial charge < -0.3 is 9.47 Å². The number of amides is 1. The first kappa shape index (κ1) is 18.9. The van der Waals surface area contributed by atoms with Crippen LogP contribution in [0.5, 0.6) is 11.5 Å². The number of hydrogen-bond donors (Lipinski definition) is 1. The summed E-state index contributed by atoms with van der Waals surface area (Å²) in [7, 11) is 0. The Morgan fingerprint density at radius 2 is 1.90 bits per heavy atom. The first-order chi connectivity index (χ1) is 14.0. The van der Waals surface area contributed by atoms with Crippen molar-refractivity contribution in [3.8, 4) is 11.5 Å². The first-order valence-corrected chi connectivity index (χ1v) is 9.32. The number of rotatable bonds is 5. The molecule has 1 aliphatic rings. The van der Waals surface area contributed by atoms with E-state index < -0.39 is 10.8 Å². The molecular formula is C18H14BrN5O5. The zero-order chi connectivity index (χ0) is 20.4. The van der Waals surface area contributed by atoms with E-state index in [4.69, 9.17) is 9.47 Å². The second-order valence-corrected chi connectivity index (χ2v) is 7.03. The highest BCUT2D eigenvalue weighted by molar-refractivity contribution is 9.10. The van der Waals surface area contributed by atoms with Crippen molar-refractivity contribution in [3.05, 3.63) is 68.4 Å². The average molecular weight is 460 g/mol. The zero-order valence-corrected chi connectivity index (χ0v) is 16.5. The van der Waals surface area contributed by atoms with Crippen molar-refractivity contribution in [3.63, 3.8) is 0 Å². The number of anilines is 1. The first-order valence-electron chi connectivity index (χ1n) is 8.53. The Balaban J connectivity index is 1.53. The molecule has 29 heavy (non-hydrogen) atoms. The van der Waals surface area contributed by atoms with Crippen LogP contribution in [0, 0.1) is 10.1 Å². The van der Waals surface area contributed by atoms with Crippen molar-refractivity contribution >= 4 is 33.5 Å². The highest BCUT2D eigenvalue weighted by Gasteiger charge is 2.27. The van der Waals surface area contributed by atoms with Crippen LogP contribution in [0.1, 0.15) is 15.9 Å². The Morgan fingerprint density at radius 1 is 1.21 bits per heavy atom. The van der Waals surface area contributed by atoms with Gasteiger partial charge in [-0.1, -0.05) is 28.1 Å². The van der Waals surface area contributed by atoms with Gasteiger partial charge in [0.1, 0.15) is 25.1 Å². The fourth-order valence-electron chi connectivity index (χ4n) is 2.78. The third kappa shape index (κ3) is 4.19. The number of ether oxygens (including phenoxy) is 2. The number of benzene rings is 2. The van der Waals surface area contributed by atoms with Crippen molar-refractivity contribution < 1.29 is 19.2 Å². The van der Waals surface area contributed by atoms with E-state index in [9.17, 15) is 14.9 Å². The molecule has 2 heterocycles. The number of carbonyl (C=O) groups excluding carboxylic acids is 1. The number of halogens is 1. The smallest absolute Gasteiger partial charge is 0.286 e. The molecule has 0 bridgehead atoms. The van der Waals surface area contributed by atoms with Gasteiger partial charge in [0, 0.05) is 10.5 Å². The second-order valence-electron chi connectivity index (χ2n) is 6.12. The van der Waals surface area contributed by atoms with E-state index in [1.54, 1.807) is 4.68 Å². The number of carbonyl (C=O) groups is 1. The minimum absolute atomic E-state index is 0.0382. The van der Waals surface area contributed by atoms with Crippen molar-refractivity contribution in [2.24, 2.45) is 0 Å². The lowest BCUT2D eigenvalue weighted by Gasteiger charge is -2.18. The van der Waals surface area contributed by atoms with Gasteiger partial charge >= 0.3 is 0 Å². The largest absolute Gasteiger partial charge is 0.486 e. The molecule has 0 atom stereocenters. The number of nitro groups is 1. The fraction of sp³-hybridized carbons (Fsp3) is 0.167. The Morgan fingerprint density at radius 3 is 2.59 bits per heavy atom. The lowest BCUT2D eigenvalue weighted by molar-refractivity contribution is -0.385. The highest BCUT2D eigenvalue weighted by atomic mass is 79.9. The molecular weight excluding hydrogens is 446 g/mol. The Hall–Kier alpha value is -3.47. The minimum Gasteiger partial charge on any atom is -0.486 e. The number of nitrogens with zero attached hydrogens (tertiary/aromatic N) is 4. The molecule has 0 spiro atoms. The molecule has 148 valence electrons. The maximum Gasteiger partial charge on any atom is 0.286 e. The van der Waals surface area contributed by atoms with E-state index in [0.29, 0.717) is 13.2 Å². The summed E-state index contributed by atoms with van der Waals surface area (Å²) in [6.45, 7) is 1.05. The van der Waals surface area contributed by atoms with Crippen LogP contribution in [-0.4, -0.2) is 38.8 Å². The second kappa shape index (κ2) is 7.87. The van der Waals surface area contributed by atoms with Gasteiger partial charge in [-0.2, -0.15) is 0 Å². The maximum atomic E-state index is 12.6. The summed E-state index contributed by atoms with van der Waals surface area (Å²) in [4.78, 5) is 27.4. The molecule has 0 aliphatic carbocycles. The Bertz CT molecular complexity index is 1080. The van der Waals surface area contributed by atoms with Gasteiger partial charge in [-0.25, -0.2) is 9.67 Å². The summed E-state index contributed by atoms with van der Waals surface area (Å²) >= 11 is 3.38. The number of nitrogens with one attached hydrogen (secondary N) is 1. The van der Waals surface area contributed by atoms with E-state index in [-0.39, 0.29) is 35.3 Å². The van der Waals surface area contributed by atoms with E-state index in [2.05, 4.69) is 31.3 Å². The average Bonchev–Trinajstić information content (AvgIpc) is 3.15. The Kier molecular flexibility index (Phi) is 5.12. The molecule has 3 aromatic rings. The predicted molar refractivity (Wildman–Crippen MR) is 105 cm³/mol. The molecule has 2 aromatic carbocycles. The lowest BCUT2D eigenvalue weighted by Crippen LogP contribution is -2.19. The van der Waals surface area contributed by atoms with Crippen molar-refractivity contribution in [2.45, 2.75) is 6.54 Å². The quantitative estimate of drug-likeness (QED) is 0.459. The van der Waals surface area contributed by atoms with E-state index in [1.807, 2.05) is 24.3 Å². The highest BCUT2D eigenvalue weighted by Crippen LogP contribution is 2.36. The minimum atomic E-state index is -0.713. The fourth-order valence-corrected chi connectivity index (χ4v) is 3.05. The van der Waals surface area contributed by atoms with Crippen LogP contribution in [0.2, 0.25) is 0 Å². The number of nitro benzene ring substituents is 1. The normalized spacial score (nSPS) is 12.4. The maximum absolute atomic E-state index is 12.6. The van der Waals surface area contributed by atoms with Crippen LogP contribution in [-0.2, 0) is 6.54 Å². The number of fused-ring (bicyclic) bond motifs is 1. The standard InChI is InChI=1S/C18H14BrN5O5/c19-12-3-1-11(2-4-12)9-23-10-20-18(22-23)21-17(25)13-7-15-16(29-6-5-28-15)8-14(13)24(26)27/h1-4,7-8,10H,5-6,9H2,(H,21,22,25). The topological polar surface area (TPSA) is 121 Å². The molecule has 0 unspecified atom stereocenters. The monoisotopic (exact) mass is 459 g/mol. The lowest BCUT2D eigenvalue weighted by atomic mass is 10.1. The summed E-state index contributed by atoms with van der Waals surface area (Å²) in [6, 6.07) is 10.2. The van der Waals surface area contributed by atoms with E-state index in [1.165, 1.54) is 18.5 Å². The number of hydrogen-bond acceptors (Lipinski definition) is 7. The zero-order valence-electron chi connectivity index (χ0n) is 14.9.